The number of furan rings is 1. The lowest BCUT2D eigenvalue weighted by Crippen LogP contribution is -1.96. The molecule has 0 spiro atoms. The first-order valence-electron chi connectivity index (χ1n) is 20.7. The van der Waals surface area contributed by atoms with Gasteiger partial charge in [0.2, 0.25) is 0 Å². The molecular formula is C58H36N2O. The van der Waals surface area contributed by atoms with Gasteiger partial charge in [-0.25, -0.2) is 9.97 Å². The Kier molecular flexibility index (Phi) is 8.17. The van der Waals surface area contributed by atoms with E-state index in [1.165, 1.54) is 59.8 Å². The summed E-state index contributed by atoms with van der Waals surface area (Å²) in [5.74, 6) is 1.51. The van der Waals surface area contributed by atoms with Crippen molar-refractivity contribution in [2.45, 2.75) is 0 Å². The van der Waals surface area contributed by atoms with Gasteiger partial charge < -0.3 is 4.42 Å². The lowest BCUT2D eigenvalue weighted by atomic mass is 9.86. The van der Waals surface area contributed by atoms with Gasteiger partial charge in [-0.15, -0.1) is 0 Å². The fourth-order valence-electron chi connectivity index (χ4n) is 9.12. The minimum absolute atomic E-state index is 0.682. The molecule has 284 valence electrons. The van der Waals surface area contributed by atoms with Crippen molar-refractivity contribution >= 4 is 54.1 Å². The highest BCUT2D eigenvalue weighted by Gasteiger charge is 2.17. The molecule has 0 N–H and O–H groups in total. The van der Waals surface area contributed by atoms with Crippen molar-refractivity contribution in [2.24, 2.45) is 0 Å². The Morgan fingerprint density at radius 2 is 0.902 bits per heavy atom. The standard InChI is InChI=1S/C58H36N2O/c1-2-14-40(15-3-1)58-59-53(36-54(60-58)42-18-12-19-43(33-42)56-35-44-17-6-11-24-55(44)61-56)39-27-25-38(26-28-39)46-31-32-50(49-23-10-9-22-48(46)49)57-47-21-8-5-16-41(47)34-52-45-20-7-4-13-37(45)29-30-51(52)57/h1-36H. The topological polar surface area (TPSA) is 38.9 Å². The molecule has 0 amide bonds. The number of fused-ring (bicyclic) bond motifs is 6. The van der Waals surface area contributed by atoms with Crippen LogP contribution >= 0.6 is 0 Å². The summed E-state index contributed by atoms with van der Waals surface area (Å²) in [6.45, 7) is 0. The van der Waals surface area contributed by atoms with E-state index in [1.807, 2.05) is 36.4 Å². The number of para-hydroxylation sites is 1. The highest BCUT2D eigenvalue weighted by molar-refractivity contribution is 6.23. The van der Waals surface area contributed by atoms with E-state index in [2.05, 4.69) is 182 Å². The second-order valence-corrected chi connectivity index (χ2v) is 15.7. The minimum atomic E-state index is 0.682. The van der Waals surface area contributed by atoms with Gasteiger partial charge >= 0.3 is 0 Å². The normalized spacial score (nSPS) is 11.6. The largest absolute Gasteiger partial charge is 0.456 e. The van der Waals surface area contributed by atoms with Crippen LogP contribution in [0.2, 0.25) is 0 Å². The van der Waals surface area contributed by atoms with Crippen LogP contribution in [0.5, 0.6) is 0 Å². The number of aromatic nitrogens is 2. The van der Waals surface area contributed by atoms with Gasteiger partial charge in [-0.2, -0.15) is 0 Å². The monoisotopic (exact) mass is 776 g/mol. The van der Waals surface area contributed by atoms with Crippen LogP contribution in [0, 0.1) is 0 Å². The molecule has 0 unspecified atom stereocenters. The molecule has 0 aliphatic heterocycles. The van der Waals surface area contributed by atoms with Gasteiger partial charge in [0.05, 0.1) is 11.4 Å². The number of benzene rings is 10. The van der Waals surface area contributed by atoms with Crippen LogP contribution in [0.3, 0.4) is 0 Å². The van der Waals surface area contributed by atoms with Crippen LogP contribution in [0.25, 0.3) is 122 Å². The van der Waals surface area contributed by atoms with Gasteiger partial charge in [0.15, 0.2) is 5.82 Å². The lowest BCUT2D eigenvalue weighted by Gasteiger charge is -2.17. The SMILES string of the molecule is c1ccc(-c2nc(-c3ccc(-c4ccc(-c5c6ccccc6cc6c5ccc5ccccc56)c5ccccc45)cc3)cc(-c3cccc(-c4cc5ccccc5o4)c3)n2)cc1. The second-order valence-electron chi connectivity index (χ2n) is 15.7. The summed E-state index contributed by atoms with van der Waals surface area (Å²) in [5.41, 5.74) is 11.4. The third kappa shape index (κ3) is 6.06. The van der Waals surface area contributed by atoms with E-state index < -0.39 is 0 Å². The molecule has 0 aliphatic carbocycles. The predicted octanol–water partition coefficient (Wildman–Crippen LogP) is 15.8. The number of rotatable bonds is 6. The maximum Gasteiger partial charge on any atom is 0.160 e. The molecule has 0 aliphatic rings. The lowest BCUT2D eigenvalue weighted by molar-refractivity contribution is 0.631. The van der Waals surface area contributed by atoms with E-state index in [0.717, 1.165) is 55.9 Å². The first-order valence-corrected chi connectivity index (χ1v) is 20.7. The summed E-state index contributed by atoms with van der Waals surface area (Å²) >= 11 is 0. The van der Waals surface area contributed by atoms with Crippen molar-refractivity contribution < 1.29 is 4.42 Å². The Labute approximate surface area is 352 Å². The van der Waals surface area contributed by atoms with Crippen LogP contribution < -0.4 is 0 Å². The van der Waals surface area contributed by atoms with Gasteiger partial charge in [0.25, 0.3) is 0 Å². The number of hydrogen-bond donors (Lipinski definition) is 0. The van der Waals surface area contributed by atoms with Crippen molar-refractivity contribution in [3.63, 3.8) is 0 Å². The Balaban J connectivity index is 0.961. The van der Waals surface area contributed by atoms with Gasteiger partial charge in [-0.1, -0.05) is 188 Å². The summed E-state index contributed by atoms with van der Waals surface area (Å²) in [7, 11) is 0. The Morgan fingerprint density at radius 1 is 0.295 bits per heavy atom. The smallest absolute Gasteiger partial charge is 0.160 e. The molecule has 10 aromatic carbocycles. The maximum atomic E-state index is 6.25. The molecule has 0 atom stereocenters. The average Bonchev–Trinajstić information content (AvgIpc) is 3.78. The minimum Gasteiger partial charge on any atom is -0.456 e. The summed E-state index contributed by atoms with van der Waals surface area (Å²) in [6, 6.07) is 77.6. The molecule has 3 nitrogen and oxygen atoms in total. The predicted molar refractivity (Wildman–Crippen MR) is 254 cm³/mol. The zero-order valence-electron chi connectivity index (χ0n) is 33.1. The van der Waals surface area contributed by atoms with E-state index in [0.29, 0.717) is 5.82 Å². The Morgan fingerprint density at radius 3 is 1.70 bits per heavy atom. The van der Waals surface area contributed by atoms with E-state index >= 15 is 0 Å². The van der Waals surface area contributed by atoms with Crippen LogP contribution in [-0.2, 0) is 0 Å². The van der Waals surface area contributed by atoms with E-state index in [-0.39, 0.29) is 0 Å². The molecule has 61 heavy (non-hydrogen) atoms. The molecule has 0 bridgehead atoms. The summed E-state index contributed by atoms with van der Waals surface area (Å²) in [5, 5.41) is 11.1. The van der Waals surface area contributed by atoms with Crippen LogP contribution in [0.15, 0.2) is 223 Å². The first-order chi connectivity index (χ1) is 30.2. The number of hydrogen-bond acceptors (Lipinski definition) is 3. The van der Waals surface area contributed by atoms with Crippen molar-refractivity contribution in [3.8, 4) is 67.5 Å². The fraction of sp³-hybridized carbons (Fsp3) is 0. The van der Waals surface area contributed by atoms with Gasteiger partial charge in [-0.3, -0.25) is 0 Å². The molecule has 2 heterocycles. The van der Waals surface area contributed by atoms with Crippen molar-refractivity contribution in [2.75, 3.05) is 0 Å². The molecule has 0 saturated heterocycles. The van der Waals surface area contributed by atoms with Crippen LogP contribution in [0.4, 0.5) is 0 Å². The molecule has 12 aromatic rings. The van der Waals surface area contributed by atoms with Crippen molar-refractivity contribution in [1.29, 1.82) is 0 Å². The Bertz CT molecular complexity index is 3610. The van der Waals surface area contributed by atoms with Crippen LogP contribution in [0.1, 0.15) is 0 Å². The van der Waals surface area contributed by atoms with Crippen molar-refractivity contribution in [1.82, 2.24) is 9.97 Å². The van der Waals surface area contributed by atoms with E-state index in [4.69, 9.17) is 14.4 Å². The molecule has 3 heteroatoms. The van der Waals surface area contributed by atoms with Gasteiger partial charge in [-0.05, 0) is 95.7 Å². The first kappa shape index (κ1) is 34.9. The third-order valence-corrected chi connectivity index (χ3v) is 12.1. The van der Waals surface area contributed by atoms with Crippen molar-refractivity contribution in [3.05, 3.63) is 218 Å². The van der Waals surface area contributed by atoms with E-state index in [9.17, 15) is 0 Å². The van der Waals surface area contributed by atoms with E-state index in [1.54, 1.807) is 0 Å². The third-order valence-electron chi connectivity index (χ3n) is 12.1. The zero-order chi connectivity index (χ0) is 40.3. The highest BCUT2D eigenvalue weighted by Crippen LogP contribution is 2.44. The van der Waals surface area contributed by atoms with Crippen LogP contribution in [-0.4, -0.2) is 9.97 Å². The zero-order valence-corrected chi connectivity index (χ0v) is 33.1. The number of nitrogens with zero attached hydrogens (tertiary/aromatic N) is 2. The quantitative estimate of drug-likeness (QED) is 0.125. The summed E-state index contributed by atoms with van der Waals surface area (Å²) < 4.78 is 6.25. The Hall–Kier alpha value is -8.14. The summed E-state index contributed by atoms with van der Waals surface area (Å²) in [6.07, 6.45) is 0. The van der Waals surface area contributed by atoms with Gasteiger partial charge in [0, 0.05) is 27.6 Å². The highest BCUT2D eigenvalue weighted by atomic mass is 16.3. The molecule has 0 fully saturated rings. The molecule has 2 aromatic heterocycles. The molecule has 0 saturated carbocycles. The average molecular weight is 777 g/mol. The fourth-order valence-corrected chi connectivity index (χ4v) is 9.12. The molecule has 12 rings (SSSR count). The molecular weight excluding hydrogens is 741 g/mol. The van der Waals surface area contributed by atoms with Gasteiger partial charge in [0.1, 0.15) is 11.3 Å². The molecule has 0 radical (unpaired) electrons. The second kappa shape index (κ2) is 14.3. The maximum absolute atomic E-state index is 6.25. The summed E-state index contributed by atoms with van der Waals surface area (Å²) in [4.78, 5) is 10.3.